The number of aromatic nitrogens is 1. The van der Waals surface area contributed by atoms with Gasteiger partial charge in [0.15, 0.2) is 0 Å². The predicted octanol–water partition coefficient (Wildman–Crippen LogP) is 3.31. The lowest BCUT2D eigenvalue weighted by atomic mass is 9.99. The zero-order valence-corrected chi connectivity index (χ0v) is 10.3. The standard InChI is InChI=1S/C14H22N2/c1-3-12-5-4-6-14(12)16-11(2)13-7-9-15-10-8-13/h7-12,14,16H,3-6H2,1-2H3/t11-,12?,14?/m1/s1. The summed E-state index contributed by atoms with van der Waals surface area (Å²) in [4.78, 5) is 4.06. The van der Waals surface area contributed by atoms with Crippen molar-refractivity contribution in [1.82, 2.24) is 10.3 Å². The minimum Gasteiger partial charge on any atom is -0.307 e. The largest absolute Gasteiger partial charge is 0.307 e. The van der Waals surface area contributed by atoms with Crippen LogP contribution in [-0.2, 0) is 0 Å². The monoisotopic (exact) mass is 218 g/mol. The molecule has 1 saturated carbocycles. The molecule has 1 fully saturated rings. The molecule has 1 aromatic heterocycles. The fourth-order valence-electron chi connectivity index (χ4n) is 2.81. The molecule has 1 aromatic rings. The van der Waals surface area contributed by atoms with Crippen LogP contribution >= 0.6 is 0 Å². The minimum absolute atomic E-state index is 0.445. The molecule has 0 radical (unpaired) electrons. The number of nitrogens with zero attached hydrogens (tertiary/aromatic N) is 1. The van der Waals surface area contributed by atoms with E-state index in [0.717, 1.165) is 5.92 Å². The number of nitrogens with one attached hydrogen (secondary N) is 1. The van der Waals surface area contributed by atoms with E-state index in [4.69, 9.17) is 0 Å². The van der Waals surface area contributed by atoms with Crippen LogP contribution in [0.4, 0.5) is 0 Å². The Labute approximate surface area is 98.5 Å². The van der Waals surface area contributed by atoms with Crippen molar-refractivity contribution in [3.8, 4) is 0 Å². The molecule has 88 valence electrons. The number of pyridine rings is 1. The van der Waals surface area contributed by atoms with Crippen molar-refractivity contribution in [1.29, 1.82) is 0 Å². The van der Waals surface area contributed by atoms with Gasteiger partial charge in [0.25, 0.3) is 0 Å². The summed E-state index contributed by atoms with van der Waals surface area (Å²) in [5, 5.41) is 3.77. The van der Waals surface area contributed by atoms with E-state index in [1.165, 1.54) is 31.2 Å². The van der Waals surface area contributed by atoms with Crippen LogP contribution in [0.2, 0.25) is 0 Å². The third-order valence-corrected chi connectivity index (χ3v) is 3.85. The van der Waals surface area contributed by atoms with Gasteiger partial charge in [0.05, 0.1) is 0 Å². The van der Waals surface area contributed by atoms with Gasteiger partial charge in [0, 0.05) is 24.5 Å². The fourth-order valence-corrected chi connectivity index (χ4v) is 2.81. The Kier molecular flexibility index (Phi) is 3.94. The predicted molar refractivity (Wildman–Crippen MR) is 67.2 cm³/mol. The van der Waals surface area contributed by atoms with E-state index in [-0.39, 0.29) is 0 Å². The maximum absolute atomic E-state index is 4.06. The normalized spacial score (nSPS) is 26.9. The average Bonchev–Trinajstić information content (AvgIpc) is 2.77. The van der Waals surface area contributed by atoms with Crippen LogP contribution in [-0.4, -0.2) is 11.0 Å². The molecule has 2 rings (SSSR count). The molecule has 0 aromatic carbocycles. The Morgan fingerprint density at radius 1 is 1.38 bits per heavy atom. The van der Waals surface area contributed by atoms with Gasteiger partial charge in [-0.15, -0.1) is 0 Å². The van der Waals surface area contributed by atoms with Crippen LogP contribution in [0.15, 0.2) is 24.5 Å². The Hall–Kier alpha value is -0.890. The summed E-state index contributed by atoms with van der Waals surface area (Å²) in [7, 11) is 0. The summed E-state index contributed by atoms with van der Waals surface area (Å²) in [6.07, 6.45) is 9.18. The van der Waals surface area contributed by atoms with Gasteiger partial charge >= 0.3 is 0 Å². The maximum Gasteiger partial charge on any atom is 0.0295 e. The third-order valence-electron chi connectivity index (χ3n) is 3.85. The molecule has 2 unspecified atom stereocenters. The van der Waals surface area contributed by atoms with Gasteiger partial charge in [-0.2, -0.15) is 0 Å². The van der Waals surface area contributed by atoms with Crippen LogP contribution in [0.5, 0.6) is 0 Å². The molecular formula is C14H22N2. The molecule has 1 aliphatic rings. The van der Waals surface area contributed by atoms with Crippen LogP contribution in [0.1, 0.15) is 51.1 Å². The Morgan fingerprint density at radius 2 is 2.12 bits per heavy atom. The molecular weight excluding hydrogens is 196 g/mol. The molecule has 0 bridgehead atoms. The first-order chi connectivity index (χ1) is 7.81. The topological polar surface area (TPSA) is 24.9 Å². The zero-order chi connectivity index (χ0) is 11.4. The lowest BCUT2D eigenvalue weighted by molar-refractivity contribution is 0.360. The van der Waals surface area contributed by atoms with Crippen molar-refractivity contribution in [2.45, 2.75) is 51.6 Å². The van der Waals surface area contributed by atoms with Crippen molar-refractivity contribution in [2.24, 2.45) is 5.92 Å². The summed E-state index contributed by atoms with van der Waals surface area (Å²) >= 11 is 0. The van der Waals surface area contributed by atoms with E-state index in [1.54, 1.807) is 0 Å². The smallest absolute Gasteiger partial charge is 0.0295 e. The highest BCUT2D eigenvalue weighted by Gasteiger charge is 2.26. The molecule has 0 spiro atoms. The van der Waals surface area contributed by atoms with Gasteiger partial charge in [0.2, 0.25) is 0 Å². The van der Waals surface area contributed by atoms with Gasteiger partial charge in [-0.1, -0.05) is 19.8 Å². The van der Waals surface area contributed by atoms with Gasteiger partial charge < -0.3 is 5.32 Å². The van der Waals surface area contributed by atoms with E-state index in [2.05, 4.69) is 36.3 Å². The van der Waals surface area contributed by atoms with Crippen LogP contribution in [0, 0.1) is 5.92 Å². The first-order valence-corrected chi connectivity index (χ1v) is 6.47. The van der Waals surface area contributed by atoms with E-state index in [9.17, 15) is 0 Å². The van der Waals surface area contributed by atoms with Crippen LogP contribution in [0.3, 0.4) is 0 Å². The molecule has 0 saturated heterocycles. The molecule has 0 aliphatic heterocycles. The lowest BCUT2D eigenvalue weighted by Gasteiger charge is -2.24. The quantitative estimate of drug-likeness (QED) is 0.838. The maximum atomic E-state index is 4.06. The highest BCUT2D eigenvalue weighted by Crippen LogP contribution is 2.29. The third kappa shape index (κ3) is 2.62. The molecule has 2 heteroatoms. The fraction of sp³-hybridized carbons (Fsp3) is 0.643. The number of hydrogen-bond donors (Lipinski definition) is 1. The Bertz CT molecular complexity index is 310. The van der Waals surface area contributed by atoms with Crippen molar-refractivity contribution in [3.63, 3.8) is 0 Å². The summed E-state index contributed by atoms with van der Waals surface area (Å²) in [6, 6.07) is 5.37. The van der Waals surface area contributed by atoms with Crippen molar-refractivity contribution >= 4 is 0 Å². The number of hydrogen-bond acceptors (Lipinski definition) is 2. The molecule has 1 heterocycles. The van der Waals surface area contributed by atoms with E-state index in [0.29, 0.717) is 12.1 Å². The van der Waals surface area contributed by atoms with Gasteiger partial charge in [-0.3, -0.25) is 4.98 Å². The van der Waals surface area contributed by atoms with E-state index in [1.807, 2.05) is 12.4 Å². The van der Waals surface area contributed by atoms with Gasteiger partial charge in [-0.25, -0.2) is 0 Å². The van der Waals surface area contributed by atoms with Gasteiger partial charge in [-0.05, 0) is 43.4 Å². The molecule has 16 heavy (non-hydrogen) atoms. The SMILES string of the molecule is CCC1CCCC1N[C@H](C)c1ccncc1. The highest BCUT2D eigenvalue weighted by molar-refractivity contribution is 5.14. The molecule has 2 nitrogen and oxygen atoms in total. The van der Waals surface area contributed by atoms with E-state index < -0.39 is 0 Å². The van der Waals surface area contributed by atoms with Crippen LogP contribution in [0.25, 0.3) is 0 Å². The first kappa shape index (κ1) is 11.6. The first-order valence-electron chi connectivity index (χ1n) is 6.47. The summed E-state index contributed by atoms with van der Waals surface area (Å²) in [5.74, 6) is 0.879. The molecule has 1 aliphatic carbocycles. The van der Waals surface area contributed by atoms with Crippen LogP contribution < -0.4 is 5.32 Å². The Balaban J connectivity index is 1.94. The van der Waals surface area contributed by atoms with Crippen molar-refractivity contribution < 1.29 is 0 Å². The second-order valence-electron chi connectivity index (χ2n) is 4.87. The second-order valence-corrected chi connectivity index (χ2v) is 4.87. The van der Waals surface area contributed by atoms with E-state index >= 15 is 0 Å². The second kappa shape index (κ2) is 5.44. The summed E-state index contributed by atoms with van der Waals surface area (Å²) in [5.41, 5.74) is 1.34. The van der Waals surface area contributed by atoms with Crippen molar-refractivity contribution in [3.05, 3.63) is 30.1 Å². The summed E-state index contributed by atoms with van der Waals surface area (Å²) < 4.78 is 0. The highest BCUT2D eigenvalue weighted by atomic mass is 15.0. The average molecular weight is 218 g/mol. The van der Waals surface area contributed by atoms with Gasteiger partial charge in [0.1, 0.15) is 0 Å². The molecule has 3 atom stereocenters. The molecule has 0 amide bonds. The summed E-state index contributed by atoms with van der Waals surface area (Å²) in [6.45, 7) is 4.56. The lowest BCUT2D eigenvalue weighted by Crippen LogP contribution is -2.34. The minimum atomic E-state index is 0.445. The zero-order valence-electron chi connectivity index (χ0n) is 10.3. The number of rotatable bonds is 4. The Morgan fingerprint density at radius 3 is 2.81 bits per heavy atom. The van der Waals surface area contributed by atoms with Crippen molar-refractivity contribution in [2.75, 3.05) is 0 Å². The molecule has 1 N–H and O–H groups in total.